The van der Waals surface area contributed by atoms with E-state index in [1.807, 2.05) is 66.3 Å². The van der Waals surface area contributed by atoms with Gasteiger partial charge < -0.3 is 15.0 Å². The number of nitrogen functional groups attached to an aromatic ring is 1. The highest BCUT2D eigenvalue weighted by Crippen LogP contribution is 2.30. The van der Waals surface area contributed by atoms with Crippen LogP contribution in [0.1, 0.15) is 28.3 Å². The summed E-state index contributed by atoms with van der Waals surface area (Å²) >= 11 is 0. The van der Waals surface area contributed by atoms with Gasteiger partial charge in [0.25, 0.3) is 0 Å². The number of hydrogen-bond acceptors (Lipinski definition) is 4. The van der Waals surface area contributed by atoms with Crippen molar-refractivity contribution in [1.82, 2.24) is 9.55 Å². The van der Waals surface area contributed by atoms with Crippen molar-refractivity contribution in [2.24, 2.45) is 7.05 Å². The molecule has 0 saturated carbocycles. The largest absolute Gasteiger partial charge is 0.497 e. The van der Waals surface area contributed by atoms with E-state index in [2.05, 4.69) is 11.1 Å². The van der Waals surface area contributed by atoms with Crippen LogP contribution in [0.3, 0.4) is 0 Å². The van der Waals surface area contributed by atoms with Gasteiger partial charge in [0.1, 0.15) is 5.75 Å². The van der Waals surface area contributed by atoms with Crippen LogP contribution >= 0.6 is 0 Å². The SMILES string of the molecule is COc1ccc(C(Cc2cccc(C#N)c2)c2cn(C)c(N)n2)cc1. The molecular formula is C20H20N4O. The van der Waals surface area contributed by atoms with E-state index in [0.717, 1.165) is 29.0 Å². The van der Waals surface area contributed by atoms with E-state index >= 15 is 0 Å². The number of benzene rings is 2. The minimum Gasteiger partial charge on any atom is -0.497 e. The Bertz CT molecular complexity index is 887. The van der Waals surface area contributed by atoms with Crippen molar-refractivity contribution in [2.45, 2.75) is 12.3 Å². The van der Waals surface area contributed by atoms with Crippen LogP contribution in [-0.4, -0.2) is 16.7 Å². The summed E-state index contributed by atoms with van der Waals surface area (Å²) < 4.78 is 7.07. The highest BCUT2D eigenvalue weighted by Gasteiger charge is 2.19. The summed E-state index contributed by atoms with van der Waals surface area (Å²) in [4.78, 5) is 4.51. The summed E-state index contributed by atoms with van der Waals surface area (Å²) in [5, 5.41) is 9.13. The zero-order valence-corrected chi connectivity index (χ0v) is 14.3. The van der Waals surface area contributed by atoms with Gasteiger partial charge in [0.05, 0.1) is 24.4 Å². The second-order valence-electron chi connectivity index (χ2n) is 5.98. The molecule has 0 radical (unpaired) electrons. The van der Waals surface area contributed by atoms with Crippen LogP contribution in [0.15, 0.2) is 54.7 Å². The molecule has 1 aromatic heterocycles. The molecule has 1 heterocycles. The third-order valence-corrected chi connectivity index (χ3v) is 4.30. The summed E-state index contributed by atoms with van der Waals surface area (Å²) in [6.45, 7) is 0. The molecule has 0 aliphatic heterocycles. The number of ether oxygens (including phenoxy) is 1. The van der Waals surface area contributed by atoms with E-state index in [-0.39, 0.29) is 5.92 Å². The van der Waals surface area contributed by atoms with Crippen molar-refractivity contribution in [3.63, 3.8) is 0 Å². The Morgan fingerprint density at radius 2 is 2.00 bits per heavy atom. The number of nitriles is 1. The molecule has 0 bridgehead atoms. The third-order valence-electron chi connectivity index (χ3n) is 4.30. The second kappa shape index (κ2) is 7.10. The number of methoxy groups -OCH3 is 1. The van der Waals surface area contributed by atoms with Gasteiger partial charge >= 0.3 is 0 Å². The lowest BCUT2D eigenvalue weighted by molar-refractivity contribution is 0.414. The van der Waals surface area contributed by atoms with Crippen LogP contribution in [0, 0.1) is 11.3 Å². The maximum atomic E-state index is 9.13. The molecule has 0 aliphatic carbocycles. The molecule has 126 valence electrons. The van der Waals surface area contributed by atoms with Crippen molar-refractivity contribution in [3.8, 4) is 11.8 Å². The Hall–Kier alpha value is -3.26. The molecular weight excluding hydrogens is 312 g/mol. The van der Waals surface area contributed by atoms with Crippen molar-refractivity contribution in [3.05, 3.63) is 77.1 Å². The van der Waals surface area contributed by atoms with Gasteiger partial charge in [-0.1, -0.05) is 24.3 Å². The number of nitrogens with two attached hydrogens (primary N) is 1. The Balaban J connectivity index is 2.00. The first-order valence-electron chi connectivity index (χ1n) is 8.02. The lowest BCUT2D eigenvalue weighted by Gasteiger charge is -2.16. The Morgan fingerprint density at radius 1 is 1.24 bits per heavy atom. The zero-order valence-electron chi connectivity index (χ0n) is 14.3. The molecule has 0 saturated heterocycles. The fourth-order valence-corrected chi connectivity index (χ4v) is 2.91. The minimum atomic E-state index is 0.0448. The Kier molecular flexibility index (Phi) is 4.71. The zero-order chi connectivity index (χ0) is 17.8. The predicted molar refractivity (Wildman–Crippen MR) is 97.3 cm³/mol. The molecule has 5 heteroatoms. The number of aryl methyl sites for hydroxylation is 1. The van der Waals surface area contributed by atoms with Gasteiger partial charge in [-0.3, -0.25) is 0 Å². The molecule has 3 rings (SSSR count). The quantitative estimate of drug-likeness (QED) is 0.778. The summed E-state index contributed by atoms with van der Waals surface area (Å²) in [7, 11) is 3.53. The molecule has 3 aromatic rings. The second-order valence-corrected chi connectivity index (χ2v) is 5.98. The summed E-state index contributed by atoms with van der Waals surface area (Å²) in [6, 6.07) is 17.8. The van der Waals surface area contributed by atoms with Gasteiger partial charge in [-0.25, -0.2) is 4.98 Å². The van der Waals surface area contributed by atoms with Gasteiger partial charge in [-0.15, -0.1) is 0 Å². The number of nitrogens with zero attached hydrogens (tertiary/aromatic N) is 3. The average Bonchev–Trinajstić information content (AvgIpc) is 2.98. The van der Waals surface area contributed by atoms with Crippen LogP contribution in [0.2, 0.25) is 0 Å². The van der Waals surface area contributed by atoms with Gasteiger partial charge in [-0.05, 0) is 41.8 Å². The molecule has 0 fully saturated rings. The summed E-state index contributed by atoms with van der Waals surface area (Å²) in [6.07, 6.45) is 2.69. The van der Waals surface area contributed by atoms with Crippen LogP contribution in [-0.2, 0) is 13.5 Å². The highest BCUT2D eigenvalue weighted by molar-refractivity contribution is 5.39. The lowest BCUT2D eigenvalue weighted by atomic mass is 9.89. The smallest absolute Gasteiger partial charge is 0.200 e. The standard InChI is InChI=1S/C20H20N4O/c1-24-13-19(23-20(24)22)18(16-6-8-17(25-2)9-7-16)11-14-4-3-5-15(10-14)12-21/h3-10,13,18H,11H2,1-2H3,(H2,22,23). The molecule has 2 aromatic carbocycles. The van der Waals surface area contributed by atoms with Crippen LogP contribution in [0.25, 0.3) is 0 Å². The molecule has 0 aliphatic rings. The number of anilines is 1. The maximum Gasteiger partial charge on any atom is 0.200 e. The van der Waals surface area contributed by atoms with E-state index in [1.54, 1.807) is 7.11 Å². The average molecular weight is 332 g/mol. The number of rotatable bonds is 5. The monoisotopic (exact) mass is 332 g/mol. The van der Waals surface area contributed by atoms with Gasteiger partial charge in [0.15, 0.2) is 5.95 Å². The van der Waals surface area contributed by atoms with E-state index in [4.69, 9.17) is 15.7 Å². The lowest BCUT2D eigenvalue weighted by Crippen LogP contribution is -2.06. The summed E-state index contributed by atoms with van der Waals surface area (Å²) in [5.41, 5.74) is 9.71. The number of imidazole rings is 1. The Morgan fingerprint density at radius 3 is 2.60 bits per heavy atom. The summed E-state index contributed by atoms with van der Waals surface area (Å²) in [5.74, 6) is 1.34. The number of hydrogen-bond donors (Lipinski definition) is 1. The van der Waals surface area contributed by atoms with Gasteiger partial charge in [-0.2, -0.15) is 5.26 Å². The molecule has 0 spiro atoms. The minimum absolute atomic E-state index is 0.0448. The first-order valence-corrected chi connectivity index (χ1v) is 8.02. The highest BCUT2D eigenvalue weighted by atomic mass is 16.5. The maximum absolute atomic E-state index is 9.13. The van der Waals surface area contributed by atoms with Crippen molar-refractivity contribution in [2.75, 3.05) is 12.8 Å². The fourth-order valence-electron chi connectivity index (χ4n) is 2.91. The molecule has 1 atom stereocenters. The third kappa shape index (κ3) is 3.64. The fraction of sp³-hybridized carbons (Fsp3) is 0.200. The molecule has 0 amide bonds. The topological polar surface area (TPSA) is 76.9 Å². The van der Waals surface area contributed by atoms with E-state index in [9.17, 15) is 0 Å². The first-order chi connectivity index (χ1) is 12.1. The predicted octanol–water partition coefficient (Wildman–Crippen LogP) is 3.26. The van der Waals surface area contributed by atoms with Crippen LogP contribution in [0.5, 0.6) is 5.75 Å². The van der Waals surface area contributed by atoms with Crippen molar-refractivity contribution < 1.29 is 4.74 Å². The van der Waals surface area contributed by atoms with Crippen LogP contribution < -0.4 is 10.5 Å². The van der Waals surface area contributed by atoms with Crippen molar-refractivity contribution >= 4 is 5.95 Å². The molecule has 5 nitrogen and oxygen atoms in total. The van der Waals surface area contributed by atoms with Crippen molar-refractivity contribution in [1.29, 1.82) is 5.26 Å². The van der Waals surface area contributed by atoms with E-state index < -0.39 is 0 Å². The van der Waals surface area contributed by atoms with Gasteiger partial charge in [0.2, 0.25) is 0 Å². The first kappa shape index (κ1) is 16.6. The van der Waals surface area contributed by atoms with Gasteiger partial charge in [0, 0.05) is 19.2 Å². The molecule has 25 heavy (non-hydrogen) atoms. The normalized spacial score (nSPS) is 11.7. The molecule has 2 N–H and O–H groups in total. The van der Waals surface area contributed by atoms with E-state index in [0.29, 0.717) is 11.5 Å². The van der Waals surface area contributed by atoms with Crippen LogP contribution in [0.4, 0.5) is 5.95 Å². The van der Waals surface area contributed by atoms with E-state index in [1.165, 1.54) is 0 Å². The number of aromatic nitrogens is 2. The molecule has 1 unspecified atom stereocenters. The Labute approximate surface area is 147 Å².